The van der Waals surface area contributed by atoms with E-state index in [-0.39, 0.29) is 30.8 Å². The van der Waals surface area contributed by atoms with Crippen LogP contribution < -0.4 is 21.3 Å². The molecule has 4 N–H and O–H groups in total. The minimum atomic E-state index is -3.50. The molecule has 0 aromatic heterocycles. The van der Waals surface area contributed by atoms with Gasteiger partial charge in [-0.25, -0.2) is 17.5 Å². The minimum absolute atomic E-state index is 0.0427. The number of carbonyl (C=O) groups excluding carboxylic acids is 5. The molecule has 0 radical (unpaired) electrons. The Morgan fingerprint density at radius 2 is 1.59 bits per heavy atom. The summed E-state index contributed by atoms with van der Waals surface area (Å²) in [6, 6.07) is -4.00. The molecule has 1 aliphatic heterocycles. The molecule has 1 heterocycles. The number of carbonyl (C=O) groups is 5. The largest absolute Gasteiger partial charge is 0.350 e. The van der Waals surface area contributed by atoms with E-state index < -0.39 is 68.6 Å². The first kappa shape index (κ1) is 42.4. The molecule has 2 aliphatic rings. The Hall–Kier alpha value is -2.74. The van der Waals surface area contributed by atoms with Crippen molar-refractivity contribution in [3.63, 3.8) is 0 Å². The summed E-state index contributed by atoms with van der Waals surface area (Å²) in [6.45, 7) is 16.0. The molecule has 14 heteroatoms. The van der Waals surface area contributed by atoms with E-state index in [9.17, 15) is 32.4 Å². The van der Waals surface area contributed by atoms with Gasteiger partial charge in [-0.2, -0.15) is 0 Å². The molecule has 1 saturated carbocycles. The van der Waals surface area contributed by atoms with Gasteiger partial charge in [-0.05, 0) is 55.3 Å². The molecule has 5 amide bonds. The van der Waals surface area contributed by atoms with Crippen molar-refractivity contribution in [1.29, 1.82) is 0 Å². The Kier molecular flexibility index (Phi) is 15.6. The summed E-state index contributed by atoms with van der Waals surface area (Å²) in [7, 11) is -2.04. The average molecular weight is 713 g/mol. The molecule has 0 bridgehead atoms. The molecule has 2 fully saturated rings. The Bertz CT molecular complexity index is 1280. The molecular formula is C35H64N6O7S. The van der Waals surface area contributed by atoms with Gasteiger partial charge in [0.15, 0.2) is 0 Å². The number of ketones is 1. The SMILES string of the molecule is CCCCC(NC(=O)[C@@H]1[C@@H](C(C)C)CCN1C(=O)[C@@H](NC(=O)N[C@H](CN(C)S(C)(=O)=O)C(C)(C)C)C1(C)CCCCC1)C(=O)C(=O)NCC. The van der Waals surface area contributed by atoms with Crippen LogP contribution in [0, 0.1) is 22.7 Å². The maximum absolute atomic E-state index is 14.7. The zero-order valence-corrected chi connectivity index (χ0v) is 32.4. The molecule has 0 aromatic rings. The monoisotopic (exact) mass is 712 g/mol. The van der Waals surface area contributed by atoms with Crippen LogP contribution in [0.1, 0.15) is 113 Å². The molecule has 1 aliphatic carbocycles. The first-order valence-corrected chi connectivity index (χ1v) is 19.9. The van der Waals surface area contributed by atoms with Gasteiger partial charge >= 0.3 is 6.03 Å². The van der Waals surface area contributed by atoms with Crippen molar-refractivity contribution in [2.24, 2.45) is 22.7 Å². The quantitative estimate of drug-likeness (QED) is 0.178. The zero-order valence-electron chi connectivity index (χ0n) is 31.6. The second kappa shape index (κ2) is 18.0. The van der Waals surface area contributed by atoms with Gasteiger partial charge in [-0.1, -0.05) is 80.6 Å². The van der Waals surface area contributed by atoms with Crippen LogP contribution in [-0.4, -0.2) is 104 Å². The van der Waals surface area contributed by atoms with E-state index in [0.29, 0.717) is 38.6 Å². The van der Waals surface area contributed by atoms with E-state index in [2.05, 4.69) is 21.3 Å². The zero-order chi connectivity index (χ0) is 37.3. The van der Waals surface area contributed by atoms with E-state index in [0.717, 1.165) is 31.9 Å². The standard InChI is InChI=1S/C35H64N6O7S/c1-11-13-17-25(28(42)31(44)36-12-2)37-30(43)27-24(23(3)4)18-21-41(27)32(45)29(35(8)19-15-14-16-20-35)39-33(46)38-26(34(5,6)7)22-40(9)49(10,47)48/h23-27,29H,11-22H2,1-10H3,(H,36,44)(H,37,43)(H2,38,39,46)/t24-,25?,26-,27+,29-/m1/s1. The Balaban J connectivity index is 2.46. The van der Waals surface area contributed by atoms with Crippen LogP contribution >= 0.6 is 0 Å². The molecule has 282 valence electrons. The van der Waals surface area contributed by atoms with Crippen molar-refractivity contribution in [2.45, 2.75) is 137 Å². The maximum atomic E-state index is 14.7. The van der Waals surface area contributed by atoms with Crippen LogP contribution in [0.5, 0.6) is 0 Å². The van der Waals surface area contributed by atoms with E-state index >= 15 is 0 Å². The van der Waals surface area contributed by atoms with Gasteiger partial charge < -0.3 is 26.2 Å². The number of amides is 5. The lowest BCUT2D eigenvalue weighted by Crippen LogP contribution is -2.63. The normalized spacial score (nSPS) is 21.5. The van der Waals surface area contributed by atoms with Gasteiger partial charge in [0, 0.05) is 32.7 Å². The van der Waals surface area contributed by atoms with Crippen LogP contribution in [-0.2, 0) is 29.2 Å². The van der Waals surface area contributed by atoms with Gasteiger partial charge in [0.1, 0.15) is 12.1 Å². The van der Waals surface area contributed by atoms with Crippen LogP contribution in [0.25, 0.3) is 0 Å². The number of hydrogen-bond donors (Lipinski definition) is 4. The summed E-state index contributed by atoms with van der Waals surface area (Å²) in [4.78, 5) is 69.8. The predicted molar refractivity (Wildman–Crippen MR) is 191 cm³/mol. The Labute approximate surface area is 294 Å². The first-order chi connectivity index (χ1) is 22.7. The number of rotatable bonds is 16. The average Bonchev–Trinajstić information content (AvgIpc) is 3.46. The molecule has 1 unspecified atom stereocenters. The van der Waals surface area contributed by atoms with E-state index in [1.807, 2.05) is 48.5 Å². The number of Topliss-reactive ketones (excluding diaryl/α,β-unsaturated/α-hetero) is 1. The van der Waals surface area contributed by atoms with Crippen LogP contribution in [0.2, 0.25) is 0 Å². The number of nitrogens with zero attached hydrogens (tertiary/aromatic N) is 2. The lowest BCUT2D eigenvalue weighted by Gasteiger charge is -2.43. The highest BCUT2D eigenvalue weighted by Crippen LogP contribution is 2.41. The van der Waals surface area contributed by atoms with Crippen molar-refractivity contribution in [1.82, 2.24) is 30.5 Å². The number of urea groups is 1. The Morgan fingerprint density at radius 3 is 2.10 bits per heavy atom. The summed E-state index contributed by atoms with van der Waals surface area (Å²) in [5.74, 6) is -2.44. The summed E-state index contributed by atoms with van der Waals surface area (Å²) in [6.07, 6.45) is 7.62. The van der Waals surface area contributed by atoms with Crippen molar-refractivity contribution in [3.8, 4) is 0 Å². The third-order valence-corrected chi connectivity index (χ3v) is 11.7. The fourth-order valence-corrected chi connectivity index (χ4v) is 7.46. The van der Waals surface area contributed by atoms with Gasteiger partial charge in [-0.15, -0.1) is 0 Å². The number of unbranched alkanes of at least 4 members (excludes halogenated alkanes) is 1. The smallest absolute Gasteiger partial charge is 0.315 e. The third-order valence-electron chi connectivity index (χ3n) is 10.5. The molecule has 0 aromatic carbocycles. The van der Waals surface area contributed by atoms with Crippen molar-refractivity contribution in [3.05, 3.63) is 0 Å². The summed E-state index contributed by atoms with van der Waals surface area (Å²) in [5, 5.41) is 11.3. The van der Waals surface area contributed by atoms with Gasteiger partial charge in [-0.3, -0.25) is 19.2 Å². The van der Waals surface area contributed by atoms with E-state index in [4.69, 9.17) is 0 Å². The molecule has 2 rings (SSSR count). The summed E-state index contributed by atoms with van der Waals surface area (Å²) >= 11 is 0. The second-order valence-corrected chi connectivity index (χ2v) is 17.9. The Morgan fingerprint density at radius 1 is 0.980 bits per heavy atom. The van der Waals surface area contributed by atoms with Crippen LogP contribution in [0.3, 0.4) is 0 Å². The first-order valence-electron chi connectivity index (χ1n) is 18.1. The topological polar surface area (TPSA) is 174 Å². The van der Waals surface area contributed by atoms with Crippen molar-refractivity contribution < 1.29 is 32.4 Å². The predicted octanol–water partition coefficient (Wildman–Crippen LogP) is 3.18. The van der Waals surface area contributed by atoms with Crippen molar-refractivity contribution in [2.75, 3.05) is 32.9 Å². The van der Waals surface area contributed by atoms with Crippen LogP contribution in [0.15, 0.2) is 0 Å². The second-order valence-electron chi connectivity index (χ2n) is 15.8. The lowest BCUT2D eigenvalue weighted by molar-refractivity contribution is -0.145. The van der Waals surface area contributed by atoms with Gasteiger partial charge in [0.05, 0.1) is 12.3 Å². The highest BCUT2D eigenvalue weighted by atomic mass is 32.2. The van der Waals surface area contributed by atoms with E-state index in [1.54, 1.807) is 11.8 Å². The maximum Gasteiger partial charge on any atom is 0.315 e. The number of nitrogens with one attached hydrogen (secondary N) is 4. The van der Waals surface area contributed by atoms with Gasteiger partial charge in [0.25, 0.3) is 5.91 Å². The highest BCUT2D eigenvalue weighted by Gasteiger charge is 2.50. The number of hydrogen-bond acceptors (Lipinski definition) is 7. The van der Waals surface area contributed by atoms with Crippen molar-refractivity contribution >= 4 is 39.6 Å². The highest BCUT2D eigenvalue weighted by molar-refractivity contribution is 7.88. The number of sulfonamides is 1. The molecule has 5 atom stereocenters. The molecule has 13 nitrogen and oxygen atoms in total. The fourth-order valence-electron chi connectivity index (χ4n) is 7.05. The molecule has 49 heavy (non-hydrogen) atoms. The number of likely N-dealkylation sites (tertiary alicyclic amines) is 1. The van der Waals surface area contributed by atoms with E-state index in [1.165, 1.54) is 11.4 Å². The fraction of sp³-hybridized carbons (Fsp3) is 0.857. The van der Waals surface area contributed by atoms with Gasteiger partial charge in [0.2, 0.25) is 27.6 Å². The molecule has 0 spiro atoms. The summed E-state index contributed by atoms with van der Waals surface area (Å²) in [5.41, 5.74) is -1.09. The molecule has 1 saturated heterocycles. The van der Waals surface area contributed by atoms with Crippen LogP contribution in [0.4, 0.5) is 4.79 Å². The lowest BCUT2D eigenvalue weighted by atomic mass is 9.70. The molecular weight excluding hydrogens is 648 g/mol. The number of likely N-dealkylation sites (N-methyl/N-ethyl adjacent to an activating group) is 2. The summed E-state index contributed by atoms with van der Waals surface area (Å²) < 4.78 is 25.6. The third kappa shape index (κ3) is 11.7. The minimum Gasteiger partial charge on any atom is -0.350 e.